The molecule has 3 rings (SSSR count). The van der Waals surface area contributed by atoms with Crippen LogP contribution in [-0.2, 0) is 0 Å². The summed E-state index contributed by atoms with van der Waals surface area (Å²) in [6.07, 6.45) is 1.60. The number of hydrogen-bond donors (Lipinski definition) is 2. The highest BCUT2D eigenvalue weighted by atomic mass is 79.9. The van der Waals surface area contributed by atoms with Gasteiger partial charge in [0.2, 0.25) is 0 Å². The predicted octanol–water partition coefficient (Wildman–Crippen LogP) is 4.25. The number of amides is 2. The maximum Gasteiger partial charge on any atom is 0.274 e. The first-order valence-corrected chi connectivity index (χ1v) is 10.4. The summed E-state index contributed by atoms with van der Waals surface area (Å²) < 4.78 is 1.84. The van der Waals surface area contributed by atoms with E-state index in [0.717, 1.165) is 5.56 Å². The van der Waals surface area contributed by atoms with E-state index < -0.39 is 11.8 Å². The summed E-state index contributed by atoms with van der Waals surface area (Å²) in [5.41, 5.74) is 1.40. The number of nitrogens with zero attached hydrogens (tertiary/aromatic N) is 4. The number of anilines is 1. The van der Waals surface area contributed by atoms with Crippen LogP contribution in [0.2, 0.25) is 5.02 Å². The highest BCUT2D eigenvalue weighted by molar-refractivity contribution is 9.10. The molecule has 0 saturated heterocycles. The minimum absolute atomic E-state index is 0.0699. The molecule has 10 heteroatoms. The fourth-order valence-corrected chi connectivity index (χ4v) is 3.51. The molecular weight excluding hydrogens is 484 g/mol. The van der Waals surface area contributed by atoms with Gasteiger partial charge in [-0.1, -0.05) is 17.7 Å². The van der Waals surface area contributed by atoms with E-state index in [2.05, 4.69) is 36.6 Å². The van der Waals surface area contributed by atoms with Gasteiger partial charge in [-0.05, 0) is 60.5 Å². The lowest BCUT2D eigenvalue weighted by atomic mass is 10.1. The van der Waals surface area contributed by atoms with Crippen LogP contribution in [0.1, 0.15) is 45.8 Å². The molecule has 0 aliphatic rings. The molecule has 3 aromatic rings. The summed E-state index contributed by atoms with van der Waals surface area (Å²) in [5, 5.41) is 19.1. The van der Waals surface area contributed by atoms with Gasteiger partial charge < -0.3 is 10.6 Å². The Morgan fingerprint density at radius 1 is 1.26 bits per heavy atom. The summed E-state index contributed by atoms with van der Waals surface area (Å²) in [6, 6.07) is 9.76. The molecule has 0 aliphatic carbocycles. The first-order chi connectivity index (χ1) is 14.7. The van der Waals surface area contributed by atoms with Gasteiger partial charge in [0.15, 0.2) is 5.82 Å². The number of aromatic nitrogens is 3. The Labute approximate surface area is 192 Å². The van der Waals surface area contributed by atoms with E-state index in [1.807, 2.05) is 19.1 Å². The molecule has 2 amide bonds. The number of halogens is 2. The van der Waals surface area contributed by atoms with E-state index >= 15 is 0 Å². The van der Waals surface area contributed by atoms with Gasteiger partial charge in [-0.2, -0.15) is 10.4 Å². The summed E-state index contributed by atoms with van der Waals surface area (Å²) in [6.45, 7) is 5.46. The van der Waals surface area contributed by atoms with E-state index in [9.17, 15) is 14.9 Å². The average molecular weight is 502 g/mol. The number of carbonyl (C=O) groups is 2. The summed E-state index contributed by atoms with van der Waals surface area (Å²) in [5.74, 6) is -0.518. The zero-order valence-electron chi connectivity index (χ0n) is 16.9. The molecule has 0 aliphatic heterocycles. The number of hydrogen-bond acceptors (Lipinski definition) is 5. The maximum atomic E-state index is 13.2. The van der Waals surface area contributed by atoms with Crippen molar-refractivity contribution in [1.82, 2.24) is 20.1 Å². The lowest BCUT2D eigenvalue weighted by molar-refractivity contribution is 0.0944. The van der Waals surface area contributed by atoms with Crippen LogP contribution in [0, 0.1) is 18.3 Å². The first kappa shape index (κ1) is 22.5. The molecule has 2 heterocycles. The second kappa shape index (κ2) is 9.29. The Kier molecular flexibility index (Phi) is 6.73. The molecular formula is C21H18BrClN6O2. The van der Waals surface area contributed by atoms with Gasteiger partial charge in [0, 0.05) is 18.3 Å². The van der Waals surface area contributed by atoms with Crippen LogP contribution in [0.3, 0.4) is 0 Å². The number of benzene rings is 1. The number of nitrogens with one attached hydrogen (secondary N) is 2. The molecule has 0 atom stereocenters. The lowest BCUT2D eigenvalue weighted by Crippen LogP contribution is -2.31. The van der Waals surface area contributed by atoms with Crippen molar-refractivity contribution in [3.05, 3.63) is 68.5 Å². The monoisotopic (exact) mass is 500 g/mol. The van der Waals surface area contributed by atoms with Crippen molar-refractivity contribution in [2.75, 3.05) is 5.32 Å². The molecule has 158 valence electrons. The van der Waals surface area contributed by atoms with Gasteiger partial charge in [0.1, 0.15) is 10.3 Å². The molecule has 0 unspecified atom stereocenters. The molecule has 0 saturated carbocycles. The Balaban J connectivity index is 2.05. The average Bonchev–Trinajstić information content (AvgIpc) is 3.10. The van der Waals surface area contributed by atoms with Crippen molar-refractivity contribution >= 4 is 45.0 Å². The van der Waals surface area contributed by atoms with Gasteiger partial charge in [-0.25, -0.2) is 9.67 Å². The van der Waals surface area contributed by atoms with Crippen LogP contribution in [-0.4, -0.2) is 32.6 Å². The van der Waals surface area contributed by atoms with Gasteiger partial charge in [-0.15, -0.1) is 0 Å². The standard InChI is InChI=1S/C21H18BrClN6O2/c1-11(2)26-20(30)14-7-13(10-24)8-15(23)18(14)27-21(31)16-9-17(22)28-29(16)19-12(3)5-4-6-25-19/h4-9,11H,1-3H3,(H,26,30)(H,27,31). The largest absolute Gasteiger partial charge is 0.350 e. The molecule has 2 N–H and O–H groups in total. The van der Waals surface area contributed by atoms with Crippen LogP contribution in [0.5, 0.6) is 0 Å². The molecule has 31 heavy (non-hydrogen) atoms. The third kappa shape index (κ3) is 4.93. The number of nitriles is 1. The molecule has 0 spiro atoms. The Hall–Kier alpha value is -3.22. The number of rotatable bonds is 5. The zero-order chi connectivity index (χ0) is 22.7. The van der Waals surface area contributed by atoms with E-state index in [1.165, 1.54) is 22.9 Å². The van der Waals surface area contributed by atoms with E-state index in [-0.39, 0.29) is 33.6 Å². The smallest absolute Gasteiger partial charge is 0.274 e. The normalized spacial score (nSPS) is 10.6. The molecule has 0 bridgehead atoms. The van der Waals surface area contributed by atoms with Crippen LogP contribution in [0.15, 0.2) is 41.1 Å². The fraction of sp³-hybridized carbons (Fsp3) is 0.190. The SMILES string of the molecule is Cc1cccnc1-n1nc(Br)cc1C(=O)Nc1c(Cl)cc(C#N)cc1C(=O)NC(C)C. The minimum Gasteiger partial charge on any atom is -0.350 e. The highest BCUT2D eigenvalue weighted by Crippen LogP contribution is 2.29. The van der Waals surface area contributed by atoms with Crippen molar-refractivity contribution in [1.29, 1.82) is 5.26 Å². The van der Waals surface area contributed by atoms with Crippen molar-refractivity contribution in [2.45, 2.75) is 26.8 Å². The van der Waals surface area contributed by atoms with E-state index in [0.29, 0.717) is 10.4 Å². The van der Waals surface area contributed by atoms with Crippen molar-refractivity contribution in [3.63, 3.8) is 0 Å². The van der Waals surface area contributed by atoms with Gasteiger partial charge in [-0.3, -0.25) is 9.59 Å². The lowest BCUT2D eigenvalue weighted by Gasteiger charge is -2.15. The van der Waals surface area contributed by atoms with Crippen LogP contribution >= 0.6 is 27.5 Å². The quantitative estimate of drug-likeness (QED) is 0.542. The molecule has 2 aromatic heterocycles. The topological polar surface area (TPSA) is 113 Å². The summed E-state index contributed by atoms with van der Waals surface area (Å²) in [4.78, 5) is 30.2. The highest BCUT2D eigenvalue weighted by Gasteiger charge is 2.23. The molecule has 8 nitrogen and oxygen atoms in total. The van der Waals surface area contributed by atoms with Crippen LogP contribution < -0.4 is 10.6 Å². The second-order valence-electron chi connectivity index (χ2n) is 6.98. The van der Waals surface area contributed by atoms with Crippen molar-refractivity contribution in [3.8, 4) is 11.9 Å². The second-order valence-corrected chi connectivity index (χ2v) is 8.20. The Morgan fingerprint density at radius 2 is 2.00 bits per heavy atom. The fourth-order valence-electron chi connectivity index (χ4n) is 2.87. The van der Waals surface area contributed by atoms with Gasteiger partial charge in [0.05, 0.1) is 27.9 Å². The third-order valence-electron chi connectivity index (χ3n) is 4.22. The van der Waals surface area contributed by atoms with Crippen molar-refractivity contribution < 1.29 is 9.59 Å². The molecule has 0 radical (unpaired) electrons. The first-order valence-electron chi connectivity index (χ1n) is 9.24. The molecule has 0 fully saturated rings. The van der Waals surface area contributed by atoms with Crippen LogP contribution in [0.25, 0.3) is 5.82 Å². The Morgan fingerprint density at radius 3 is 2.65 bits per heavy atom. The van der Waals surface area contributed by atoms with Crippen LogP contribution in [0.4, 0.5) is 5.69 Å². The summed E-state index contributed by atoms with van der Waals surface area (Å²) in [7, 11) is 0. The zero-order valence-corrected chi connectivity index (χ0v) is 19.2. The minimum atomic E-state index is -0.548. The number of carbonyl (C=O) groups excluding carboxylic acids is 2. The Bertz CT molecular complexity index is 1220. The number of pyridine rings is 1. The number of aryl methyl sites for hydroxylation is 1. The summed E-state index contributed by atoms with van der Waals surface area (Å²) >= 11 is 9.61. The predicted molar refractivity (Wildman–Crippen MR) is 121 cm³/mol. The molecule has 1 aromatic carbocycles. The van der Waals surface area contributed by atoms with E-state index in [4.69, 9.17) is 11.6 Å². The van der Waals surface area contributed by atoms with Gasteiger partial charge >= 0.3 is 0 Å². The maximum absolute atomic E-state index is 13.2. The van der Waals surface area contributed by atoms with E-state index in [1.54, 1.807) is 26.1 Å². The van der Waals surface area contributed by atoms with Crippen molar-refractivity contribution in [2.24, 2.45) is 0 Å². The third-order valence-corrected chi connectivity index (χ3v) is 4.90. The van der Waals surface area contributed by atoms with Gasteiger partial charge in [0.25, 0.3) is 11.8 Å².